The van der Waals surface area contributed by atoms with Crippen molar-refractivity contribution in [3.05, 3.63) is 89.5 Å². The van der Waals surface area contributed by atoms with Crippen molar-refractivity contribution in [2.45, 2.75) is 40.5 Å². The molecule has 5 heteroatoms. The van der Waals surface area contributed by atoms with Gasteiger partial charge < -0.3 is 20.4 Å². The van der Waals surface area contributed by atoms with Gasteiger partial charge in [0.25, 0.3) is 0 Å². The van der Waals surface area contributed by atoms with E-state index in [2.05, 4.69) is 6.92 Å². The van der Waals surface area contributed by atoms with E-state index in [1.165, 1.54) is 0 Å². The van der Waals surface area contributed by atoms with E-state index in [9.17, 15) is 0 Å². The standard InChI is InChI=1S/3C7H8O.C4H10O.Ti/c3*1-6-4-2-3-5-7(6)8;1-2-3-4-5;/h3*2-5,8H,1H3;5H,2-4H2,1H3;. The number of para-hydroxylation sites is 3. The average Bonchev–Trinajstić information content (AvgIpc) is 2.71. The summed E-state index contributed by atoms with van der Waals surface area (Å²) in [6.07, 6.45) is 2.04. The van der Waals surface area contributed by atoms with Gasteiger partial charge in [-0.3, -0.25) is 0 Å². The zero-order valence-electron chi connectivity index (χ0n) is 18.3. The van der Waals surface area contributed by atoms with E-state index in [0.717, 1.165) is 29.5 Å². The van der Waals surface area contributed by atoms with E-state index in [1.54, 1.807) is 18.2 Å². The largest absolute Gasteiger partial charge is 0.508 e. The summed E-state index contributed by atoms with van der Waals surface area (Å²) in [6, 6.07) is 21.8. The summed E-state index contributed by atoms with van der Waals surface area (Å²) in [6.45, 7) is 8.01. The van der Waals surface area contributed by atoms with Crippen molar-refractivity contribution in [1.82, 2.24) is 0 Å². The van der Waals surface area contributed by atoms with Crippen LogP contribution < -0.4 is 0 Å². The molecule has 0 unspecified atom stereocenters. The van der Waals surface area contributed by atoms with Gasteiger partial charge in [0.2, 0.25) is 0 Å². The average molecular weight is 446 g/mol. The first-order valence-corrected chi connectivity index (χ1v) is 9.68. The van der Waals surface area contributed by atoms with Crippen molar-refractivity contribution < 1.29 is 42.1 Å². The molecule has 0 spiro atoms. The number of aryl methyl sites for hydroxylation is 3. The van der Waals surface area contributed by atoms with Crippen LogP contribution in [0.3, 0.4) is 0 Å². The van der Waals surface area contributed by atoms with Gasteiger partial charge in [-0.05, 0) is 62.1 Å². The second kappa shape index (κ2) is 18.7. The molecule has 3 aromatic carbocycles. The van der Waals surface area contributed by atoms with Crippen LogP contribution in [0.5, 0.6) is 17.2 Å². The van der Waals surface area contributed by atoms with Crippen molar-refractivity contribution >= 4 is 0 Å². The van der Waals surface area contributed by atoms with Gasteiger partial charge in [0.05, 0.1) is 0 Å². The molecule has 0 fully saturated rings. The second-order valence-electron chi connectivity index (χ2n) is 6.44. The molecular weight excluding hydrogens is 412 g/mol. The van der Waals surface area contributed by atoms with E-state index in [-0.39, 0.29) is 21.7 Å². The molecule has 0 bridgehead atoms. The molecule has 0 saturated heterocycles. The summed E-state index contributed by atoms with van der Waals surface area (Å²) >= 11 is 0. The maximum absolute atomic E-state index is 8.92. The van der Waals surface area contributed by atoms with Crippen LogP contribution in [0.25, 0.3) is 0 Å². The van der Waals surface area contributed by atoms with Crippen LogP contribution in [-0.4, -0.2) is 27.0 Å². The number of benzene rings is 3. The Bertz CT molecular complexity index is 638. The Kier molecular flexibility index (Phi) is 18.7. The Morgan fingerprint density at radius 1 is 0.567 bits per heavy atom. The quantitative estimate of drug-likeness (QED) is 0.371. The molecule has 3 rings (SSSR count). The normalized spacial score (nSPS) is 8.70. The molecule has 0 saturated carbocycles. The molecule has 0 heterocycles. The third-order valence-electron chi connectivity index (χ3n) is 3.86. The van der Waals surface area contributed by atoms with Gasteiger partial charge in [0, 0.05) is 28.3 Å². The van der Waals surface area contributed by atoms with Crippen molar-refractivity contribution in [2.24, 2.45) is 0 Å². The maximum atomic E-state index is 8.92. The van der Waals surface area contributed by atoms with Crippen LogP contribution >= 0.6 is 0 Å². The number of phenols is 3. The Morgan fingerprint density at radius 3 is 0.933 bits per heavy atom. The molecule has 3 aromatic rings. The summed E-state index contributed by atoms with van der Waals surface area (Å²) < 4.78 is 0. The number of aromatic hydroxyl groups is 3. The summed E-state index contributed by atoms with van der Waals surface area (Å²) in [4.78, 5) is 0. The predicted octanol–water partition coefficient (Wildman–Crippen LogP) is 5.88. The first-order chi connectivity index (χ1) is 13.8. The molecular formula is C25H34O4Ti. The van der Waals surface area contributed by atoms with Gasteiger partial charge in [-0.25, -0.2) is 0 Å². The topological polar surface area (TPSA) is 80.9 Å². The number of hydrogen-bond donors (Lipinski definition) is 4. The molecule has 162 valence electrons. The molecule has 4 N–H and O–H groups in total. The fourth-order valence-corrected chi connectivity index (χ4v) is 1.85. The van der Waals surface area contributed by atoms with Crippen LogP contribution in [0.15, 0.2) is 72.8 Å². The first kappa shape index (κ1) is 29.9. The number of phenolic OH excluding ortho intramolecular Hbond substituents is 3. The van der Waals surface area contributed by atoms with Crippen LogP contribution in [-0.2, 0) is 21.7 Å². The van der Waals surface area contributed by atoms with Crippen LogP contribution in [0, 0.1) is 20.8 Å². The van der Waals surface area contributed by atoms with Gasteiger partial charge in [-0.2, -0.15) is 0 Å². The van der Waals surface area contributed by atoms with Crippen molar-refractivity contribution in [3.8, 4) is 17.2 Å². The third-order valence-corrected chi connectivity index (χ3v) is 3.86. The minimum absolute atomic E-state index is 0. The fraction of sp³-hybridized carbons (Fsp3) is 0.280. The zero-order chi connectivity index (χ0) is 22.1. The maximum Gasteiger partial charge on any atom is 0.118 e. The molecule has 0 aromatic heterocycles. The molecule has 30 heavy (non-hydrogen) atoms. The van der Waals surface area contributed by atoms with Gasteiger partial charge in [0.1, 0.15) is 17.2 Å². The van der Waals surface area contributed by atoms with Crippen LogP contribution in [0.2, 0.25) is 0 Å². The van der Waals surface area contributed by atoms with E-state index in [4.69, 9.17) is 20.4 Å². The summed E-state index contributed by atoms with van der Waals surface area (Å²) in [5.74, 6) is 1.10. The number of aliphatic hydroxyl groups is 1. The third kappa shape index (κ3) is 14.7. The van der Waals surface area contributed by atoms with Gasteiger partial charge in [-0.15, -0.1) is 0 Å². The molecule has 0 atom stereocenters. The predicted molar refractivity (Wildman–Crippen MR) is 121 cm³/mol. The van der Waals surface area contributed by atoms with Gasteiger partial charge >= 0.3 is 0 Å². The number of aliphatic hydroxyl groups excluding tert-OH is 1. The summed E-state index contributed by atoms with van der Waals surface area (Å²) in [5, 5.41) is 34.8. The van der Waals surface area contributed by atoms with E-state index in [0.29, 0.717) is 23.9 Å². The SMILES string of the molecule is CCCCO.Cc1ccccc1O.Cc1ccccc1O.Cc1ccccc1O.[Ti]. The Morgan fingerprint density at radius 2 is 0.833 bits per heavy atom. The molecule has 4 nitrogen and oxygen atoms in total. The Labute approximate surface area is 195 Å². The number of hydrogen-bond acceptors (Lipinski definition) is 4. The van der Waals surface area contributed by atoms with Crippen molar-refractivity contribution in [2.75, 3.05) is 6.61 Å². The summed E-state index contributed by atoms with van der Waals surface area (Å²) in [7, 11) is 0. The van der Waals surface area contributed by atoms with Gasteiger partial charge in [0.15, 0.2) is 0 Å². The van der Waals surface area contributed by atoms with E-state index in [1.807, 2.05) is 75.4 Å². The van der Waals surface area contributed by atoms with Crippen LogP contribution in [0.4, 0.5) is 0 Å². The monoisotopic (exact) mass is 446 g/mol. The second-order valence-corrected chi connectivity index (χ2v) is 6.44. The number of unbranched alkanes of at least 4 members (excludes halogenated alkanes) is 1. The van der Waals surface area contributed by atoms with E-state index < -0.39 is 0 Å². The Hall–Kier alpha value is -2.27. The van der Waals surface area contributed by atoms with Crippen LogP contribution in [0.1, 0.15) is 36.5 Å². The Balaban J connectivity index is 0. The minimum Gasteiger partial charge on any atom is -0.508 e. The number of rotatable bonds is 2. The zero-order valence-corrected chi connectivity index (χ0v) is 19.9. The van der Waals surface area contributed by atoms with E-state index >= 15 is 0 Å². The van der Waals surface area contributed by atoms with Crippen molar-refractivity contribution in [3.63, 3.8) is 0 Å². The smallest absolute Gasteiger partial charge is 0.118 e. The molecule has 0 aliphatic heterocycles. The molecule has 0 radical (unpaired) electrons. The van der Waals surface area contributed by atoms with Crippen molar-refractivity contribution in [1.29, 1.82) is 0 Å². The first-order valence-electron chi connectivity index (χ1n) is 9.68. The molecule has 0 aliphatic rings. The summed E-state index contributed by atoms with van der Waals surface area (Å²) in [5.41, 5.74) is 2.77. The molecule has 0 aliphatic carbocycles. The van der Waals surface area contributed by atoms with Gasteiger partial charge in [-0.1, -0.05) is 67.9 Å². The minimum atomic E-state index is 0. The fourth-order valence-electron chi connectivity index (χ4n) is 1.85. The molecule has 0 amide bonds.